The number of carbonyl (C=O) groups is 2. The highest BCUT2D eigenvalue weighted by molar-refractivity contribution is 9.10. The molecule has 0 saturated carbocycles. The van der Waals surface area contributed by atoms with Crippen LogP contribution in [0, 0.1) is 0 Å². The molecule has 1 amide bonds. The van der Waals surface area contributed by atoms with Crippen molar-refractivity contribution >= 4 is 39.1 Å². The summed E-state index contributed by atoms with van der Waals surface area (Å²) in [6.45, 7) is 6.14. The molecule has 1 unspecified atom stereocenters. The van der Waals surface area contributed by atoms with Crippen LogP contribution < -0.4 is 9.64 Å². The number of benzene rings is 3. The maximum absolute atomic E-state index is 13.3. The van der Waals surface area contributed by atoms with Gasteiger partial charge in [0.2, 0.25) is 0 Å². The minimum absolute atomic E-state index is 0.0567. The molecule has 6 heteroatoms. The number of amides is 1. The second-order valence-electron chi connectivity index (χ2n) is 9.22. The van der Waals surface area contributed by atoms with Gasteiger partial charge in [0.15, 0.2) is 0 Å². The SMILES string of the molecule is COc1ccc(/C(O)=C2/C(=O)C(=O)N(c3cccc(Br)c3)C2c2ccccc2)cc1C(C)(C)C. The number of ether oxygens (including phenoxy) is 1. The summed E-state index contributed by atoms with van der Waals surface area (Å²) in [6.07, 6.45) is 0. The van der Waals surface area contributed by atoms with Gasteiger partial charge in [0.25, 0.3) is 11.7 Å². The molecule has 1 heterocycles. The summed E-state index contributed by atoms with van der Waals surface area (Å²) >= 11 is 3.45. The molecule has 0 aliphatic carbocycles. The summed E-state index contributed by atoms with van der Waals surface area (Å²) in [4.78, 5) is 28.0. The first kappa shape index (κ1) is 23.8. The summed E-state index contributed by atoms with van der Waals surface area (Å²) in [5.41, 5.74) is 2.43. The van der Waals surface area contributed by atoms with Gasteiger partial charge in [-0.2, -0.15) is 0 Å². The Balaban J connectivity index is 1.95. The lowest BCUT2D eigenvalue weighted by Crippen LogP contribution is -2.29. The predicted octanol–water partition coefficient (Wildman–Crippen LogP) is 6.38. The number of carbonyl (C=O) groups excluding carboxylic acids is 2. The molecule has 1 saturated heterocycles. The van der Waals surface area contributed by atoms with Crippen LogP contribution in [0.15, 0.2) is 82.8 Å². The third-order valence-corrected chi connectivity index (χ3v) is 6.42. The average Bonchev–Trinajstić information content (AvgIpc) is 3.08. The monoisotopic (exact) mass is 519 g/mol. The van der Waals surface area contributed by atoms with Gasteiger partial charge < -0.3 is 9.84 Å². The number of aliphatic hydroxyl groups excluding tert-OH is 1. The molecule has 34 heavy (non-hydrogen) atoms. The molecule has 1 aliphatic rings. The highest BCUT2D eigenvalue weighted by Crippen LogP contribution is 2.43. The minimum atomic E-state index is -0.768. The zero-order valence-electron chi connectivity index (χ0n) is 19.5. The second kappa shape index (κ2) is 9.11. The van der Waals surface area contributed by atoms with Gasteiger partial charge in [-0.25, -0.2) is 0 Å². The van der Waals surface area contributed by atoms with Crippen molar-refractivity contribution in [1.82, 2.24) is 0 Å². The number of halogens is 1. The number of methoxy groups -OCH3 is 1. The van der Waals surface area contributed by atoms with Gasteiger partial charge in [-0.1, -0.05) is 73.1 Å². The van der Waals surface area contributed by atoms with E-state index in [1.807, 2.05) is 63.2 Å². The lowest BCUT2D eigenvalue weighted by Gasteiger charge is -2.26. The van der Waals surface area contributed by atoms with Crippen molar-refractivity contribution in [3.05, 3.63) is 99.5 Å². The highest BCUT2D eigenvalue weighted by atomic mass is 79.9. The molecule has 1 aliphatic heterocycles. The van der Waals surface area contributed by atoms with Crippen LogP contribution in [-0.2, 0) is 15.0 Å². The molecule has 3 aromatic carbocycles. The zero-order valence-corrected chi connectivity index (χ0v) is 21.1. The van der Waals surface area contributed by atoms with Crippen molar-refractivity contribution in [2.24, 2.45) is 0 Å². The lowest BCUT2D eigenvalue weighted by atomic mass is 9.84. The fourth-order valence-corrected chi connectivity index (χ4v) is 4.66. The molecule has 0 aromatic heterocycles. The smallest absolute Gasteiger partial charge is 0.300 e. The predicted molar refractivity (Wildman–Crippen MR) is 137 cm³/mol. The Morgan fingerprint density at radius 3 is 2.29 bits per heavy atom. The fraction of sp³-hybridized carbons (Fsp3) is 0.214. The van der Waals surface area contributed by atoms with E-state index in [9.17, 15) is 14.7 Å². The standard InChI is InChI=1S/C28H26BrNO4/c1-28(2,3)21-15-18(13-14-22(21)34-4)25(31)23-24(17-9-6-5-7-10-17)30(27(33)26(23)32)20-12-8-11-19(29)16-20/h5-16,24,31H,1-4H3/b25-23-. The Morgan fingerprint density at radius 1 is 0.971 bits per heavy atom. The summed E-state index contributed by atoms with van der Waals surface area (Å²) in [5.74, 6) is -0.923. The Bertz CT molecular complexity index is 1290. The van der Waals surface area contributed by atoms with Crippen LogP contribution in [0.2, 0.25) is 0 Å². The summed E-state index contributed by atoms with van der Waals surface area (Å²) in [5, 5.41) is 11.4. The quantitative estimate of drug-likeness (QED) is 0.246. The van der Waals surface area contributed by atoms with E-state index in [0.29, 0.717) is 17.0 Å². The molecule has 1 fully saturated rings. The molecule has 1 N–H and O–H groups in total. The maximum Gasteiger partial charge on any atom is 0.300 e. The van der Waals surface area contributed by atoms with Crippen LogP contribution in [0.4, 0.5) is 5.69 Å². The lowest BCUT2D eigenvalue weighted by molar-refractivity contribution is -0.132. The van der Waals surface area contributed by atoms with E-state index < -0.39 is 17.7 Å². The molecular weight excluding hydrogens is 494 g/mol. The molecule has 5 nitrogen and oxygen atoms in total. The minimum Gasteiger partial charge on any atom is -0.507 e. The van der Waals surface area contributed by atoms with Crippen molar-refractivity contribution in [1.29, 1.82) is 0 Å². The van der Waals surface area contributed by atoms with Crippen LogP contribution in [0.1, 0.15) is 43.5 Å². The van der Waals surface area contributed by atoms with Gasteiger partial charge in [0.1, 0.15) is 11.5 Å². The van der Waals surface area contributed by atoms with E-state index in [4.69, 9.17) is 4.74 Å². The number of ketones is 1. The molecule has 4 rings (SSSR count). The van der Waals surface area contributed by atoms with E-state index >= 15 is 0 Å². The van der Waals surface area contributed by atoms with Crippen LogP contribution in [0.3, 0.4) is 0 Å². The number of hydrogen-bond donors (Lipinski definition) is 1. The first-order chi connectivity index (χ1) is 16.1. The number of aliphatic hydroxyl groups is 1. The molecular formula is C28H26BrNO4. The Hall–Kier alpha value is -3.38. The second-order valence-corrected chi connectivity index (χ2v) is 10.1. The Labute approximate surface area is 207 Å². The molecule has 0 bridgehead atoms. The molecule has 0 spiro atoms. The van der Waals surface area contributed by atoms with E-state index in [1.54, 1.807) is 37.4 Å². The normalized spacial score (nSPS) is 17.8. The zero-order chi connectivity index (χ0) is 24.6. The van der Waals surface area contributed by atoms with Gasteiger partial charge in [-0.3, -0.25) is 14.5 Å². The number of Topliss-reactive ketones (excluding diaryl/α,β-unsaturated/α-hetero) is 1. The van der Waals surface area contributed by atoms with Gasteiger partial charge in [0, 0.05) is 21.3 Å². The molecule has 3 aromatic rings. The van der Waals surface area contributed by atoms with Crippen molar-refractivity contribution in [2.75, 3.05) is 12.0 Å². The fourth-order valence-electron chi connectivity index (χ4n) is 4.27. The van der Waals surface area contributed by atoms with Crippen molar-refractivity contribution in [3.63, 3.8) is 0 Å². The molecule has 1 atom stereocenters. The third kappa shape index (κ3) is 4.26. The first-order valence-corrected chi connectivity index (χ1v) is 11.7. The van der Waals surface area contributed by atoms with Gasteiger partial charge >= 0.3 is 0 Å². The van der Waals surface area contributed by atoms with E-state index in [2.05, 4.69) is 15.9 Å². The number of nitrogens with zero attached hydrogens (tertiary/aromatic N) is 1. The highest BCUT2D eigenvalue weighted by Gasteiger charge is 2.47. The van der Waals surface area contributed by atoms with E-state index in [-0.39, 0.29) is 16.7 Å². The Kier molecular flexibility index (Phi) is 6.36. The van der Waals surface area contributed by atoms with E-state index in [1.165, 1.54) is 4.90 Å². The summed E-state index contributed by atoms with van der Waals surface area (Å²) in [7, 11) is 1.60. The van der Waals surface area contributed by atoms with Crippen molar-refractivity contribution in [2.45, 2.75) is 32.2 Å². The summed E-state index contributed by atoms with van der Waals surface area (Å²) in [6, 6.07) is 21.0. The van der Waals surface area contributed by atoms with Gasteiger partial charge in [0.05, 0.1) is 18.7 Å². The van der Waals surface area contributed by atoms with Gasteiger partial charge in [-0.15, -0.1) is 0 Å². The van der Waals surface area contributed by atoms with Crippen LogP contribution in [-0.4, -0.2) is 23.9 Å². The largest absolute Gasteiger partial charge is 0.507 e. The number of anilines is 1. The number of hydrogen-bond acceptors (Lipinski definition) is 4. The van der Waals surface area contributed by atoms with Crippen molar-refractivity contribution in [3.8, 4) is 5.75 Å². The Morgan fingerprint density at radius 2 is 1.68 bits per heavy atom. The van der Waals surface area contributed by atoms with Crippen LogP contribution in [0.25, 0.3) is 5.76 Å². The van der Waals surface area contributed by atoms with Gasteiger partial charge in [-0.05, 0) is 47.4 Å². The van der Waals surface area contributed by atoms with Crippen LogP contribution in [0.5, 0.6) is 5.75 Å². The topological polar surface area (TPSA) is 66.8 Å². The number of rotatable bonds is 4. The van der Waals surface area contributed by atoms with Crippen LogP contribution >= 0.6 is 15.9 Å². The average molecular weight is 520 g/mol. The molecule has 174 valence electrons. The first-order valence-electron chi connectivity index (χ1n) is 10.9. The maximum atomic E-state index is 13.3. The molecule has 0 radical (unpaired) electrons. The van der Waals surface area contributed by atoms with Crippen molar-refractivity contribution < 1.29 is 19.4 Å². The van der Waals surface area contributed by atoms with E-state index in [0.717, 1.165) is 15.6 Å². The summed E-state index contributed by atoms with van der Waals surface area (Å²) < 4.78 is 6.30. The third-order valence-electron chi connectivity index (χ3n) is 5.93.